The summed E-state index contributed by atoms with van der Waals surface area (Å²) < 4.78 is 5.83. The second-order valence-corrected chi connectivity index (χ2v) is 6.17. The van der Waals surface area contributed by atoms with E-state index in [4.69, 9.17) is 16.3 Å². The molecule has 0 unspecified atom stereocenters. The standard InChI is InChI=1S/C21H20ClNO/c1-16-7-9-17(10-8-16)15-24-21-12-11-18(13-20(21)22)14-23-19-5-3-2-4-6-19/h2-13,23H,14-15H2,1H3. The molecule has 0 aliphatic heterocycles. The zero-order chi connectivity index (χ0) is 16.8. The van der Waals surface area contributed by atoms with Gasteiger partial charge in [0.25, 0.3) is 0 Å². The summed E-state index contributed by atoms with van der Waals surface area (Å²) in [6.45, 7) is 3.31. The summed E-state index contributed by atoms with van der Waals surface area (Å²) in [6, 6.07) is 24.3. The number of benzene rings is 3. The Kier molecular flexibility index (Phi) is 5.39. The van der Waals surface area contributed by atoms with E-state index in [9.17, 15) is 0 Å². The van der Waals surface area contributed by atoms with Crippen molar-refractivity contribution in [1.29, 1.82) is 0 Å². The lowest BCUT2D eigenvalue weighted by atomic mass is 10.2. The first-order chi connectivity index (χ1) is 11.7. The molecule has 0 saturated carbocycles. The van der Waals surface area contributed by atoms with Crippen LogP contribution >= 0.6 is 11.6 Å². The summed E-state index contributed by atoms with van der Waals surface area (Å²) in [5.41, 5.74) is 4.58. The molecular formula is C21H20ClNO. The first-order valence-electron chi connectivity index (χ1n) is 7.96. The van der Waals surface area contributed by atoms with Gasteiger partial charge in [-0.3, -0.25) is 0 Å². The van der Waals surface area contributed by atoms with Gasteiger partial charge >= 0.3 is 0 Å². The van der Waals surface area contributed by atoms with E-state index in [2.05, 4.69) is 36.5 Å². The molecular weight excluding hydrogens is 318 g/mol. The number of rotatable bonds is 6. The lowest BCUT2D eigenvalue weighted by Crippen LogP contribution is -2.00. The van der Waals surface area contributed by atoms with E-state index in [1.54, 1.807) is 0 Å². The number of hydrogen-bond acceptors (Lipinski definition) is 2. The fraction of sp³-hybridized carbons (Fsp3) is 0.143. The zero-order valence-electron chi connectivity index (χ0n) is 13.6. The van der Waals surface area contributed by atoms with Crippen molar-refractivity contribution in [3.8, 4) is 5.75 Å². The molecule has 3 rings (SSSR count). The van der Waals surface area contributed by atoms with Crippen LogP contribution in [0.5, 0.6) is 5.75 Å². The second kappa shape index (κ2) is 7.89. The number of para-hydroxylation sites is 1. The molecule has 0 saturated heterocycles. The van der Waals surface area contributed by atoms with Crippen molar-refractivity contribution in [3.63, 3.8) is 0 Å². The Balaban J connectivity index is 1.59. The molecule has 1 N–H and O–H groups in total. The summed E-state index contributed by atoms with van der Waals surface area (Å²) in [6.07, 6.45) is 0. The SMILES string of the molecule is Cc1ccc(COc2ccc(CNc3ccccc3)cc2Cl)cc1. The van der Waals surface area contributed by atoms with Crippen LogP contribution in [0.4, 0.5) is 5.69 Å². The topological polar surface area (TPSA) is 21.3 Å². The minimum Gasteiger partial charge on any atom is -0.487 e. The molecule has 0 aliphatic carbocycles. The Hall–Kier alpha value is -2.45. The third kappa shape index (κ3) is 4.53. The van der Waals surface area contributed by atoms with E-state index < -0.39 is 0 Å². The highest BCUT2D eigenvalue weighted by Gasteiger charge is 2.04. The third-order valence-electron chi connectivity index (χ3n) is 3.78. The highest BCUT2D eigenvalue weighted by Crippen LogP contribution is 2.26. The van der Waals surface area contributed by atoms with Crippen molar-refractivity contribution in [2.24, 2.45) is 0 Å². The van der Waals surface area contributed by atoms with Crippen LogP contribution in [0, 0.1) is 6.92 Å². The monoisotopic (exact) mass is 337 g/mol. The van der Waals surface area contributed by atoms with Crippen molar-refractivity contribution in [1.82, 2.24) is 0 Å². The molecule has 0 aliphatic rings. The van der Waals surface area contributed by atoms with Crippen molar-refractivity contribution < 1.29 is 4.74 Å². The quantitative estimate of drug-likeness (QED) is 0.610. The molecule has 24 heavy (non-hydrogen) atoms. The Morgan fingerprint density at radius 1 is 0.875 bits per heavy atom. The smallest absolute Gasteiger partial charge is 0.138 e. The van der Waals surface area contributed by atoms with Crippen LogP contribution in [0.25, 0.3) is 0 Å². The maximum absolute atomic E-state index is 6.35. The summed E-state index contributed by atoms with van der Waals surface area (Å²) in [7, 11) is 0. The number of halogens is 1. The Labute approximate surface area is 148 Å². The molecule has 3 aromatic carbocycles. The maximum Gasteiger partial charge on any atom is 0.138 e. The van der Waals surface area contributed by atoms with Gasteiger partial charge in [0, 0.05) is 12.2 Å². The third-order valence-corrected chi connectivity index (χ3v) is 4.08. The Morgan fingerprint density at radius 2 is 1.58 bits per heavy atom. The predicted octanol–water partition coefficient (Wildman–Crippen LogP) is 5.84. The normalized spacial score (nSPS) is 10.4. The molecule has 0 heterocycles. The molecule has 0 amide bonds. The van der Waals surface area contributed by atoms with Crippen molar-refractivity contribution in [2.75, 3.05) is 5.32 Å². The Bertz CT molecular complexity index is 785. The highest BCUT2D eigenvalue weighted by molar-refractivity contribution is 6.32. The van der Waals surface area contributed by atoms with Gasteiger partial charge in [-0.15, -0.1) is 0 Å². The van der Waals surface area contributed by atoms with Crippen molar-refractivity contribution in [3.05, 3.63) is 94.5 Å². The van der Waals surface area contributed by atoms with Crippen LogP contribution in [-0.2, 0) is 13.2 Å². The van der Waals surface area contributed by atoms with Crippen LogP contribution in [0.3, 0.4) is 0 Å². The molecule has 0 spiro atoms. The first kappa shape index (κ1) is 16.4. The fourth-order valence-electron chi connectivity index (χ4n) is 2.38. The van der Waals surface area contributed by atoms with Gasteiger partial charge < -0.3 is 10.1 Å². The van der Waals surface area contributed by atoms with Crippen LogP contribution in [0.15, 0.2) is 72.8 Å². The molecule has 3 heteroatoms. The van der Waals surface area contributed by atoms with Crippen LogP contribution in [-0.4, -0.2) is 0 Å². The maximum atomic E-state index is 6.35. The van der Waals surface area contributed by atoms with Gasteiger partial charge in [0.15, 0.2) is 0 Å². The first-order valence-corrected chi connectivity index (χ1v) is 8.34. The number of ether oxygens (including phenoxy) is 1. The number of aryl methyl sites for hydroxylation is 1. The molecule has 3 aromatic rings. The van der Waals surface area contributed by atoms with Crippen molar-refractivity contribution in [2.45, 2.75) is 20.1 Å². The molecule has 122 valence electrons. The van der Waals surface area contributed by atoms with Gasteiger partial charge in [0.05, 0.1) is 5.02 Å². The molecule has 0 fully saturated rings. The minimum atomic E-state index is 0.515. The van der Waals surface area contributed by atoms with E-state index in [-0.39, 0.29) is 0 Å². The summed E-state index contributed by atoms with van der Waals surface area (Å²) in [5, 5.41) is 4.01. The Morgan fingerprint density at radius 3 is 2.29 bits per heavy atom. The fourth-order valence-corrected chi connectivity index (χ4v) is 2.63. The molecule has 2 nitrogen and oxygen atoms in total. The zero-order valence-corrected chi connectivity index (χ0v) is 14.4. The predicted molar refractivity (Wildman–Crippen MR) is 101 cm³/mol. The van der Waals surface area contributed by atoms with Crippen LogP contribution in [0.2, 0.25) is 5.02 Å². The summed E-state index contributed by atoms with van der Waals surface area (Å²) in [5.74, 6) is 0.709. The van der Waals surface area contributed by atoms with E-state index in [0.717, 1.165) is 23.4 Å². The van der Waals surface area contributed by atoms with Gasteiger partial charge in [-0.05, 0) is 42.3 Å². The van der Waals surface area contributed by atoms with E-state index >= 15 is 0 Å². The summed E-state index contributed by atoms with van der Waals surface area (Å²) in [4.78, 5) is 0. The lowest BCUT2D eigenvalue weighted by Gasteiger charge is -2.11. The highest BCUT2D eigenvalue weighted by atomic mass is 35.5. The number of nitrogens with one attached hydrogen (secondary N) is 1. The number of anilines is 1. The molecule has 0 radical (unpaired) electrons. The van der Waals surface area contributed by atoms with Gasteiger partial charge in [0.1, 0.15) is 12.4 Å². The van der Waals surface area contributed by atoms with Gasteiger partial charge in [0.2, 0.25) is 0 Å². The van der Waals surface area contributed by atoms with Gasteiger partial charge in [-0.1, -0.05) is 65.7 Å². The lowest BCUT2D eigenvalue weighted by molar-refractivity contribution is 0.306. The average molecular weight is 338 g/mol. The van der Waals surface area contributed by atoms with E-state index in [1.165, 1.54) is 5.56 Å². The molecule has 0 aromatic heterocycles. The second-order valence-electron chi connectivity index (χ2n) is 5.76. The molecule has 0 bridgehead atoms. The van der Waals surface area contributed by atoms with Crippen LogP contribution in [0.1, 0.15) is 16.7 Å². The van der Waals surface area contributed by atoms with Gasteiger partial charge in [-0.2, -0.15) is 0 Å². The van der Waals surface area contributed by atoms with Crippen molar-refractivity contribution >= 4 is 17.3 Å². The van der Waals surface area contributed by atoms with E-state index in [0.29, 0.717) is 17.4 Å². The summed E-state index contributed by atoms with van der Waals surface area (Å²) >= 11 is 6.35. The number of hydrogen-bond donors (Lipinski definition) is 1. The largest absolute Gasteiger partial charge is 0.487 e. The molecule has 0 atom stereocenters. The van der Waals surface area contributed by atoms with Gasteiger partial charge in [-0.25, -0.2) is 0 Å². The van der Waals surface area contributed by atoms with E-state index in [1.807, 2.05) is 48.5 Å². The minimum absolute atomic E-state index is 0.515. The van der Waals surface area contributed by atoms with Crippen LogP contribution < -0.4 is 10.1 Å². The average Bonchev–Trinajstić information content (AvgIpc) is 2.61.